The Hall–Kier alpha value is -1.16. The maximum atomic E-state index is 11.7. The van der Waals surface area contributed by atoms with Crippen molar-refractivity contribution in [1.82, 2.24) is 14.9 Å². The Labute approximate surface area is 96.7 Å². The van der Waals surface area contributed by atoms with E-state index in [-0.39, 0.29) is 5.56 Å². The average molecular weight is 223 g/mol. The molecule has 0 aromatic carbocycles. The van der Waals surface area contributed by atoms with Crippen molar-refractivity contribution >= 4 is 0 Å². The number of likely N-dealkylation sites (N-methyl/N-ethyl adjacent to an activating group) is 1. The number of hydrogen-bond acceptors (Lipinski definition) is 3. The lowest BCUT2D eigenvalue weighted by Gasteiger charge is -2.23. The van der Waals surface area contributed by atoms with Gasteiger partial charge in [0.1, 0.15) is 0 Å². The molecule has 2 atom stereocenters. The highest BCUT2D eigenvalue weighted by molar-refractivity contribution is 4.96. The minimum Gasteiger partial charge on any atom is -0.315 e. The second-order valence-electron chi connectivity index (χ2n) is 4.30. The molecule has 16 heavy (non-hydrogen) atoms. The first-order valence-electron chi connectivity index (χ1n) is 5.78. The second-order valence-corrected chi connectivity index (χ2v) is 4.30. The SMILES string of the molecule is CCC(C)C(Cn1cnc(C)cc1=O)NC. The summed E-state index contributed by atoms with van der Waals surface area (Å²) in [6, 6.07) is 1.88. The summed E-state index contributed by atoms with van der Waals surface area (Å²) in [7, 11) is 1.93. The molecule has 2 unspecified atom stereocenters. The fraction of sp³-hybridized carbons (Fsp3) is 0.667. The van der Waals surface area contributed by atoms with Crippen LogP contribution in [0.5, 0.6) is 0 Å². The molecule has 0 aliphatic carbocycles. The summed E-state index contributed by atoms with van der Waals surface area (Å²) < 4.78 is 1.67. The van der Waals surface area contributed by atoms with Crippen molar-refractivity contribution < 1.29 is 0 Å². The number of rotatable bonds is 5. The second kappa shape index (κ2) is 5.80. The highest BCUT2D eigenvalue weighted by Gasteiger charge is 2.14. The first-order chi connectivity index (χ1) is 7.58. The normalized spacial score (nSPS) is 14.8. The highest BCUT2D eigenvalue weighted by atomic mass is 16.1. The molecule has 0 fully saturated rings. The first kappa shape index (κ1) is 12.9. The van der Waals surface area contributed by atoms with Crippen LogP contribution in [0.15, 0.2) is 17.2 Å². The van der Waals surface area contributed by atoms with Crippen molar-refractivity contribution in [3.05, 3.63) is 28.4 Å². The van der Waals surface area contributed by atoms with Crippen LogP contribution in [-0.4, -0.2) is 22.6 Å². The van der Waals surface area contributed by atoms with Crippen LogP contribution in [0.2, 0.25) is 0 Å². The predicted octanol–water partition coefficient (Wildman–Crippen LogP) is 1.19. The van der Waals surface area contributed by atoms with E-state index in [0.29, 0.717) is 18.5 Å². The lowest BCUT2D eigenvalue weighted by atomic mass is 9.99. The summed E-state index contributed by atoms with van der Waals surface area (Å²) in [4.78, 5) is 15.8. The van der Waals surface area contributed by atoms with Gasteiger partial charge in [-0.1, -0.05) is 20.3 Å². The van der Waals surface area contributed by atoms with Crippen molar-refractivity contribution in [2.75, 3.05) is 7.05 Å². The molecule has 0 spiro atoms. The van der Waals surface area contributed by atoms with E-state index in [9.17, 15) is 4.79 Å². The van der Waals surface area contributed by atoms with Crippen LogP contribution in [0.25, 0.3) is 0 Å². The van der Waals surface area contributed by atoms with E-state index in [1.54, 1.807) is 17.0 Å². The Morgan fingerprint density at radius 1 is 1.56 bits per heavy atom. The molecule has 0 bridgehead atoms. The van der Waals surface area contributed by atoms with Crippen LogP contribution in [0, 0.1) is 12.8 Å². The average Bonchev–Trinajstić information content (AvgIpc) is 2.27. The van der Waals surface area contributed by atoms with Crippen LogP contribution in [0.3, 0.4) is 0 Å². The smallest absolute Gasteiger partial charge is 0.253 e. The third-order valence-corrected chi connectivity index (χ3v) is 3.11. The fourth-order valence-corrected chi connectivity index (χ4v) is 1.71. The molecular formula is C12H21N3O. The summed E-state index contributed by atoms with van der Waals surface area (Å²) in [6.45, 7) is 6.85. The van der Waals surface area contributed by atoms with Crippen LogP contribution in [0.1, 0.15) is 26.0 Å². The van der Waals surface area contributed by atoms with Crippen LogP contribution >= 0.6 is 0 Å². The molecule has 0 aliphatic rings. The van der Waals surface area contributed by atoms with E-state index in [2.05, 4.69) is 24.1 Å². The summed E-state index contributed by atoms with van der Waals surface area (Å²) in [6.07, 6.45) is 2.73. The summed E-state index contributed by atoms with van der Waals surface area (Å²) >= 11 is 0. The Morgan fingerprint density at radius 3 is 2.75 bits per heavy atom. The van der Waals surface area contributed by atoms with E-state index in [1.165, 1.54) is 0 Å². The van der Waals surface area contributed by atoms with Crippen molar-refractivity contribution in [2.24, 2.45) is 5.92 Å². The maximum absolute atomic E-state index is 11.7. The van der Waals surface area contributed by atoms with Crippen LogP contribution in [-0.2, 0) is 6.54 Å². The molecule has 0 amide bonds. The molecule has 90 valence electrons. The van der Waals surface area contributed by atoms with E-state index in [1.807, 2.05) is 14.0 Å². The van der Waals surface area contributed by atoms with Crippen molar-refractivity contribution in [2.45, 2.75) is 39.8 Å². The molecule has 0 aliphatic heterocycles. The molecule has 4 heteroatoms. The number of aryl methyl sites for hydroxylation is 1. The van der Waals surface area contributed by atoms with E-state index < -0.39 is 0 Å². The Morgan fingerprint density at radius 2 is 2.25 bits per heavy atom. The summed E-state index contributed by atoms with van der Waals surface area (Å²) in [5.74, 6) is 0.540. The van der Waals surface area contributed by atoms with Gasteiger partial charge in [0.15, 0.2) is 0 Å². The molecule has 0 radical (unpaired) electrons. The van der Waals surface area contributed by atoms with Gasteiger partial charge in [0.25, 0.3) is 5.56 Å². The van der Waals surface area contributed by atoms with Crippen LogP contribution < -0.4 is 10.9 Å². The number of hydrogen-bond donors (Lipinski definition) is 1. The maximum Gasteiger partial charge on any atom is 0.253 e. The molecule has 1 N–H and O–H groups in total. The molecule has 1 heterocycles. The Bertz CT molecular complexity index is 386. The fourth-order valence-electron chi connectivity index (χ4n) is 1.71. The summed E-state index contributed by atoms with van der Waals surface area (Å²) in [5.41, 5.74) is 0.793. The topological polar surface area (TPSA) is 46.9 Å². The minimum atomic E-state index is 0.0241. The number of aromatic nitrogens is 2. The Kier molecular flexibility index (Phi) is 4.68. The third kappa shape index (κ3) is 3.17. The zero-order valence-corrected chi connectivity index (χ0v) is 10.5. The molecule has 1 aromatic heterocycles. The summed E-state index contributed by atoms with van der Waals surface area (Å²) in [5, 5.41) is 3.26. The van der Waals surface area contributed by atoms with Gasteiger partial charge in [0.2, 0.25) is 0 Å². The van der Waals surface area contributed by atoms with Crippen molar-refractivity contribution in [3.8, 4) is 0 Å². The third-order valence-electron chi connectivity index (χ3n) is 3.11. The zero-order valence-electron chi connectivity index (χ0n) is 10.5. The van der Waals surface area contributed by atoms with Crippen LogP contribution in [0.4, 0.5) is 0 Å². The van der Waals surface area contributed by atoms with Gasteiger partial charge in [0, 0.05) is 24.3 Å². The molecule has 4 nitrogen and oxygen atoms in total. The van der Waals surface area contributed by atoms with Gasteiger partial charge in [-0.25, -0.2) is 4.98 Å². The molecule has 0 saturated carbocycles. The van der Waals surface area contributed by atoms with Gasteiger partial charge >= 0.3 is 0 Å². The lowest BCUT2D eigenvalue weighted by molar-refractivity contribution is 0.343. The van der Waals surface area contributed by atoms with Gasteiger partial charge in [-0.05, 0) is 19.9 Å². The van der Waals surface area contributed by atoms with E-state index >= 15 is 0 Å². The largest absolute Gasteiger partial charge is 0.315 e. The standard InChI is InChI=1S/C12H21N3O/c1-5-9(2)11(13-4)7-15-8-14-10(3)6-12(15)16/h6,8-9,11,13H,5,7H2,1-4H3. The van der Waals surface area contributed by atoms with Gasteiger partial charge < -0.3 is 5.32 Å². The predicted molar refractivity (Wildman–Crippen MR) is 65.5 cm³/mol. The van der Waals surface area contributed by atoms with Crippen molar-refractivity contribution in [3.63, 3.8) is 0 Å². The minimum absolute atomic E-state index is 0.0241. The molecule has 1 aromatic rings. The monoisotopic (exact) mass is 223 g/mol. The van der Waals surface area contributed by atoms with E-state index in [0.717, 1.165) is 12.1 Å². The zero-order chi connectivity index (χ0) is 12.1. The molecule has 1 rings (SSSR count). The molecule has 0 saturated heterocycles. The number of nitrogens with zero attached hydrogens (tertiary/aromatic N) is 2. The number of nitrogens with one attached hydrogen (secondary N) is 1. The van der Waals surface area contributed by atoms with E-state index in [4.69, 9.17) is 0 Å². The van der Waals surface area contributed by atoms with Gasteiger partial charge in [-0.2, -0.15) is 0 Å². The molecular weight excluding hydrogens is 202 g/mol. The van der Waals surface area contributed by atoms with Crippen molar-refractivity contribution in [1.29, 1.82) is 0 Å². The lowest BCUT2D eigenvalue weighted by Crippen LogP contribution is -2.39. The van der Waals surface area contributed by atoms with Gasteiger partial charge in [0.05, 0.1) is 6.33 Å². The van der Waals surface area contributed by atoms with Gasteiger partial charge in [-0.3, -0.25) is 9.36 Å². The Balaban J connectivity index is 2.82. The quantitative estimate of drug-likeness (QED) is 0.815. The highest BCUT2D eigenvalue weighted by Crippen LogP contribution is 2.08. The van der Waals surface area contributed by atoms with Gasteiger partial charge in [-0.15, -0.1) is 0 Å². The first-order valence-corrected chi connectivity index (χ1v) is 5.78.